The first-order valence-electron chi connectivity index (χ1n) is 4.34. The number of hydrogen-bond acceptors (Lipinski definition) is 5. The molecule has 0 fully saturated rings. The van der Waals surface area contributed by atoms with Crippen molar-refractivity contribution in [2.75, 3.05) is 13.6 Å². The first-order valence-corrected chi connectivity index (χ1v) is 4.34. The number of guanidine groups is 1. The van der Waals surface area contributed by atoms with Gasteiger partial charge in [0.1, 0.15) is 0 Å². The van der Waals surface area contributed by atoms with E-state index >= 15 is 0 Å². The molecular formula is C8H11N5O. The van der Waals surface area contributed by atoms with Gasteiger partial charge < -0.3 is 10.6 Å². The average molecular weight is 193 g/mol. The summed E-state index contributed by atoms with van der Waals surface area (Å²) in [5.41, 5.74) is 5.71. The highest BCUT2D eigenvalue weighted by Gasteiger charge is 2.30. The van der Waals surface area contributed by atoms with Crippen molar-refractivity contribution < 1.29 is 4.79 Å². The molecule has 0 aromatic heterocycles. The second-order valence-electron chi connectivity index (χ2n) is 3.42. The molecule has 74 valence electrons. The smallest absolute Gasteiger partial charge is 0.302 e. The molecule has 1 atom stereocenters. The van der Waals surface area contributed by atoms with Gasteiger partial charge in [0.15, 0.2) is 11.5 Å². The molecule has 2 aliphatic rings. The monoisotopic (exact) mass is 193 g/mol. The molecule has 0 spiro atoms. The molecule has 14 heavy (non-hydrogen) atoms. The topological polar surface area (TPSA) is 83.4 Å². The fraction of sp³-hybridized carbons (Fsp3) is 0.500. The summed E-state index contributed by atoms with van der Waals surface area (Å²) >= 11 is 0. The summed E-state index contributed by atoms with van der Waals surface area (Å²) in [5.74, 6) is 0.136. The molecule has 6 heteroatoms. The van der Waals surface area contributed by atoms with Crippen LogP contribution in [-0.2, 0) is 4.79 Å². The van der Waals surface area contributed by atoms with Gasteiger partial charge in [-0.15, -0.1) is 0 Å². The Labute approximate surface area is 81.2 Å². The van der Waals surface area contributed by atoms with Gasteiger partial charge in [-0.1, -0.05) is 0 Å². The maximum atomic E-state index is 11.4. The van der Waals surface area contributed by atoms with Crippen LogP contribution in [0, 0.1) is 0 Å². The van der Waals surface area contributed by atoms with Gasteiger partial charge in [-0.05, 0) is 6.92 Å². The van der Waals surface area contributed by atoms with Crippen molar-refractivity contribution in [3.8, 4) is 0 Å². The van der Waals surface area contributed by atoms with E-state index in [2.05, 4.69) is 15.0 Å². The fourth-order valence-corrected chi connectivity index (χ4v) is 1.56. The molecule has 2 heterocycles. The van der Waals surface area contributed by atoms with Crippen LogP contribution < -0.4 is 5.73 Å². The molecule has 1 unspecified atom stereocenters. The highest BCUT2D eigenvalue weighted by atomic mass is 16.1. The lowest BCUT2D eigenvalue weighted by Crippen LogP contribution is -2.48. The molecule has 0 aromatic rings. The molecule has 0 aromatic carbocycles. The summed E-state index contributed by atoms with van der Waals surface area (Å²) in [6.07, 6.45) is 0. The van der Waals surface area contributed by atoms with E-state index < -0.39 is 5.91 Å². The van der Waals surface area contributed by atoms with Crippen LogP contribution in [0.5, 0.6) is 0 Å². The number of rotatable bonds is 0. The van der Waals surface area contributed by atoms with Crippen molar-refractivity contribution in [3.63, 3.8) is 0 Å². The van der Waals surface area contributed by atoms with Crippen LogP contribution >= 0.6 is 0 Å². The van der Waals surface area contributed by atoms with Gasteiger partial charge in [0.2, 0.25) is 5.96 Å². The zero-order valence-corrected chi connectivity index (χ0v) is 8.06. The third-order valence-electron chi connectivity index (χ3n) is 2.10. The Kier molecular flexibility index (Phi) is 1.83. The Hall–Kier alpha value is -1.72. The third kappa shape index (κ3) is 1.28. The second kappa shape index (κ2) is 2.90. The molecule has 1 amide bonds. The van der Waals surface area contributed by atoms with E-state index in [9.17, 15) is 4.79 Å². The first kappa shape index (κ1) is 8.86. The van der Waals surface area contributed by atoms with Crippen molar-refractivity contribution in [3.05, 3.63) is 0 Å². The van der Waals surface area contributed by atoms with E-state index in [0.717, 1.165) is 6.54 Å². The minimum atomic E-state index is -0.397. The quantitative estimate of drug-likeness (QED) is 0.536. The van der Waals surface area contributed by atoms with Gasteiger partial charge in [-0.2, -0.15) is 9.98 Å². The molecule has 2 rings (SSSR count). The van der Waals surface area contributed by atoms with Gasteiger partial charge in [0, 0.05) is 13.6 Å². The third-order valence-corrected chi connectivity index (χ3v) is 2.10. The minimum Gasteiger partial charge on any atom is -0.368 e. The molecule has 0 aliphatic carbocycles. The van der Waals surface area contributed by atoms with Crippen LogP contribution in [0.15, 0.2) is 15.0 Å². The van der Waals surface area contributed by atoms with Crippen molar-refractivity contribution in [2.24, 2.45) is 20.7 Å². The molecular weight excluding hydrogens is 182 g/mol. The predicted octanol–water partition coefficient (Wildman–Crippen LogP) is -0.985. The van der Waals surface area contributed by atoms with E-state index in [-0.39, 0.29) is 12.0 Å². The van der Waals surface area contributed by atoms with Gasteiger partial charge in [0.05, 0.1) is 6.04 Å². The van der Waals surface area contributed by atoms with Crippen molar-refractivity contribution in [1.82, 2.24) is 4.90 Å². The lowest BCUT2D eigenvalue weighted by Gasteiger charge is -2.29. The van der Waals surface area contributed by atoms with Gasteiger partial charge in [-0.3, -0.25) is 9.79 Å². The van der Waals surface area contributed by atoms with Crippen molar-refractivity contribution >= 4 is 23.4 Å². The Bertz CT molecular complexity index is 381. The summed E-state index contributed by atoms with van der Waals surface area (Å²) in [7, 11) is 1.86. The average Bonchev–Trinajstić information content (AvgIpc) is 2.07. The number of amidine groups is 1. The maximum absolute atomic E-state index is 11.4. The number of fused-ring (bicyclic) bond motifs is 1. The molecule has 2 N–H and O–H groups in total. The largest absolute Gasteiger partial charge is 0.368 e. The number of hydrogen-bond donors (Lipinski definition) is 1. The Balaban J connectivity index is 2.48. The minimum absolute atomic E-state index is 0.00496. The highest BCUT2D eigenvalue weighted by molar-refractivity contribution is 6.69. The number of likely N-dealkylation sites (N-methyl/N-ethyl adjacent to an activating group) is 1. The van der Waals surface area contributed by atoms with E-state index in [4.69, 9.17) is 5.73 Å². The Morgan fingerprint density at radius 3 is 2.93 bits per heavy atom. The molecule has 0 saturated carbocycles. The SMILES string of the molecule is CC1CN(C)C2=NC(N)=NC(=O)C2=N1. The summed E-state index contributed by atoms with van der Waals surface area (Å²) in [6.45, 7) is 2.68. The maximum Gasteiger partial charge on any atom is 0.302 e. The molecule has 0 bridgehead atoms. The van der Waals surface area contributed by atoms with Crippen LogP contribution in [0.2, 0.25) is 0 Å². The second-order valence-corrected chi connectivity index (χ2v) is 3.42. The standard InChI is InChI=1S/C8H11N5O/c1-4-3-13(2)6-5(10-4)7(14)12-8(9)11-6/h4H,3H2,1-2H3,(H2,9,12,14). The molecule has 6 nitrogen and oxygen atoms in total. The van der Waals surface area contributed by atoms with Crippen molar-refractivity contribution in [2.45, 2.75) is 13.0 Å². The summed E-state index contributed by atoms with van der Waals surface area (Å²) < 4.78 is 0. The number of carbonyl (C=O) groups excluding carboxylic acids is 1. The number of carbonyl (C=O) groups is 1. The zero-order valence-electron chi connectivity index (χ0n) is 8.06. The van der Waals surface area contributed by atoms with Crippen molar-refractivity contribution in [1.29, 1.82) is 0 Å². The lowest BCUT2D eigenvalue weighted by atomic mass is 10.2. The Morgan fingerprint density at radius 2 is 2.21 bits per heavy atom. The lowest BCUT2D eigenvalue weighted by molar-refractivity contribution is -0.111. The molecule has 0 saturated heterocycles. The van der Waals surface area contributed by atoms with Crippen LogP contribution in [0.1, 0.15) is 6.92 Å². The van der Waals surface area contributed by atoms with E-state index in [1.807, 2.05) is 18.9 Å². The van der Waals surface area contributed by atoms with E-state index in [1.165, 1.54) is 0 Å². The fourth-order valence-electron chi connectivity index (χ4n) is 1.56. The van der Waals surface area contributed by atoms with E-state index in [1.54, 1.807) is 0 Å². The number of aliphatic imine (C=N–C) groups is 3. The number of nitrogens with two attached hydrogens (primary N) is 1. The molecule has 2 aliphatic heterocycles. The first-order chi connectivity index (χ1) is 6.58. The molecule has 0 radical (unpaired) electrons. The predicted molar refractivity (Wildman–Crippen MR) is 53.6 cm³/mol. The number of amides is 1. The summed E-state index contributed by atoms with van der Waals surface area (Å²) in [5, 5.41) is 0. The Morgan fingerprint density at radius 1 is 1.50 bits per heavy atom. The van der Waals surface area contributed by atoms with Gasteiger partial charge in [0.25, 0.3) is 0 Å². The van der Waals surface area contributed by atoms with Crippen LogP contribution in [-0.4, -0.2) is 47.9 Å². The summed E-state index contributed by atoms with van der Waals surface area (Å²) in [6, 6.07) is 0.0902. The summed E-state index contributed by atoms with van der Waals surface area (Å²) in [4.78, 5) is 25.0. The van der Waals surface area contributed by atoms with Crippen LogP contribution in [0.25, 0.3) is 0 Å². The zero-order chi connectivity index (χ0) is 10.3. The van der Waals surface area contributed by atoms with Gasteiger partial charge >= 0.3 is 5.91 Å². The van der Waals surface area contributed by atoms with Crippen LogP contribution in [0.4, 0.5) is 0 Å². The van der Waals surface area contributed by atoms with E-state index in [0.29, 0.717) is 11.5 Å². The van der Waals surface area contributed by atoms with Gasteiger partial charge in [-0.25, -0.2) is 0 Å². The normalized spacial score (nSPS) is 26.4. The highest BCUT2D eigenvalue weighted by Crippen LogP contribution is 2.10. The van der Waals surface area contributed by atoms with Crippen LogP contribution in [0.3, 0.4) is 0 Å². The number of nitrogens with zero attached hydrogens (tertiary/aromatic N) is 4.